The molecular weight excluding hydrogens is 396 g/mol. The predicted molar refractivity (Wildman–Crippen MR) is 121 cm³/mol. The van der Waals surface area contributed by atoms with E-state index in [0.717, 1.165) is 42.6 Å². The van der Waals surface area contributed by atoms with Crippen LogP contribution < -0.4 is 11.1 Å². The van der Waals surface area contributed by atoms with Gasteiger partial charge in [-0.2, -0.15) is 0 Å². The minimum absolute atomic E-state index is 0.183. The van der Waals surface area contributed by atoms with Crippen LogP contribution in [0.1, 0.15) is 43.6 Å². The number of benzene rings is 2. The summed E-state index contributed by atoms with van der Waals surface area (Å²) in [5, 5.41) is 12.5. The van der Waals surface area contributed by atoms with Crippen LogP contribution in [-0.4, -0.2) is 16.1 Å². The van der Waals surface area contributed by atoms with Gasteiger partial charge in [-0.3, -0.25) is 4.79 Å². The van der Waals surface area contributed by atoms with E-state index in [1.165, 1.54) is 5.56 Å². The third-order valence-corrected chi connectivity index (χ3v) is 6.01. The fourth-order valence-corrected chi connectivity index (χ4v) is 4.37. The number of carbonyl (C=O) groups excluding carboxylic acids is 1. The average molecular weight is 421 g/mol. The molecule has 0 aliphatic heterocycles. The number of primary amides is 1. The Morgan fingerprint density at radius 2 is 1.77 bits per heavy atom. The molecule has 0 atom stereocenters. The van der Waals surface area contributed by atoms with Gasteiger partial charge in [0.25, 0.3) is 0 Å². The molecular formula is C24H25ClN4O. The zero-order valence-corrected chi connectivity index (χ0v) is 17.5. The van der Waals surface area contributed by atoms with Gasteiger partial charge in [-0.1, -0.05) is 41.9 Å². The van der Waals surface area contributed by atoms with Gasteiger partial charge in [-0.15, -0.1) is 10.2 Å². The lowest BCUT2D eigenvalue weighted by Crippen LogP contribution is -2.20. The molecule has 3 aromatic rings. The molecule has 0 radical (unpaired) electrons. The SMILES string of the molecule is NC(=O)CC1CCC(c2ccc(-c3ccc(Nc4cccc(Cl)c4)nn3)cc2)CC1. The Hall–Kier alpha value is -2.92. The van der Waals surface area contributed by atoms with E-state index in [9.17, 15) is 4.79 Å². The molecule has 0 saturated heterocycles. The summed E-state index contributed by atoms with van der Waals surface area (Å²) in [4.78, 5) is 11.1. The van der Waals surface area contributed by atoms with E-state index in [1.807, 2.05) is 36.4 Å². The highest BCUT2D eigenvalue weighted by atomic mass is 35.5. The van der Waals surface area contributed by atoms with E-state index in [2.05, 4.69) is 39.8 Å². The van der Waals surface area contributed by atoms with Gasteiger partial charge < -0.3 is 11.1 Å². The summed E-state index contributed by atoms with van der Waals surface area (Å²) < 4.78 is 0. The number of nitrogens with one attached hydrogen (secondary N) is 1. The molecule has 6 heteroatoms. The Balaban J connectivity index is 1.37. The molecule has 1 heterocycles. The smallest absolute Gasteiger partial charge is 0.217 e. The zero-order valence-electron chi connectivity index (χ0n) is 16.7. The third kappa shape index (κ3) is 5.16. The number of nitrogens with two attached hydrogens (primary N) is 1. The first-order valence-electron chi connectivity index (χ1n) is 10.3. The molecule has 0 unspecified atom stereocenters. The summed E-state index contributed by atoms with van der Waals surface area (Å²) in [5.74, 6) is 1.49. The number of halogens is 1. The standard InChI is InChI=1S/C24H25ClN4O/c25-20-2-1-3-21(15-20)27-24-13-12-22(28-29-24)19-10-8-18(9-11-19)17-6-4-16(5-7-17)14-23(26)30/h1-3,8-13,15-17H,4-7,14H2,(H2,26,30)(H,27,29). The van der Waals surface area contributed by atoms with Crippen LogP contribution in [0.15, 0.2) is 60.7 Å². The quantitative estimate of drug-likeness (QED) is 0.536. The van der Waals surface area contributed by atoms with Crippen LogP contribution >= 0.6 is 11.6 Å². The van der Waals surface area contributed by atoms with Crippen molar-refractivity contribution >= 4 is 29.0 Å². The number of anilines is 2. The van der Waals surface area contributed by atoms with Crippen LogP contribution in [0, 0.1) is 5.92 Å². The second-order valence-corrected chi connectivity index (χ2v) is 8.39. The summed E-state index contributed by atoms with van der Waals surface area (Å²) in [6, 6.07) is 20.0. The molecule has 2 aromatic carbocycles. The fourth-order valence-electron chi connectivity index (χ4n) is 4.18. The molecule has 1 amide bonds. The maximum absolute atomic E-state index is 11.1. The van der Waals surface area contributed by atoms with E-state index in [0.29, 0.717) is 29.1 Å². The average Bonchev–Trinajstić information content (AvgIpc) is 2.75. The topological polar surface area (TPSA) is 80.9 Å². The van der Waals surface area contributed by atoms with E-state index in [4.69, 9.17) is 17.3 Å². The molecule has 1 fully saturated rings. The van der Waals surface area contributed by atoms with Gasteiger partial charge in [-0.05, 0) is 73.4 Å². The van der Waals surface area contributed by atoms with Gasteiger partial charge in [-0.25, -0.2) is 0 Å². The lowest BCUT2D eigenvalue weighted by Gasteiger charge is -2.28. The van der Waals surface area contributed by atoms with Crippen LogP contribution in [0.25, 0.3) is 11.3 Å². The Morgan fingerprint density at radius 3 is 2.40 bits per heavy atom. The molecule has 0 bridgehead atoms. The number of hydrogen-bond acceptors (Lipinski definition) is 4. The van der Waals surface area contributed by atoms with Crippen LogP contribution in [0.5, 0.6) is 0 Å². The second-order valence-electron chi connectivity index (χ2n) is 7.95. The third-order valence-electron chi connectivity index (χ3n) is 5.78. The maximum Gasteiger partial charge on any atom is 0.217 e. The first kappa shape index (κ1) is 20.4. The van der Waals surface area contributed by atoms with E-state index < -0.39 is 0 Å². The fraction of sp³-hybridized carbons (Fsp3) is 0.292. The molecule has 154 valence electrons. The summed E-state index contributed by atoms with van der Waals surface area (Å²) in [5.41, 5.74) is 9.44. The predicted octanol–water partition coefficient (Wildman–Crippen LogP) is 5.69. The molecule has 1 aliphatic rings. The normalized spacial score (nSPS) is 18.7. The number of hydrogen-bond donors (Lipinski definition) is 2. The second kappa shape index (κ2) is 9.26. The molecule has 4 rings (SSSR count). The van der Waals surface area contributed by atoms with Crippen LogP contribution in [-0.2, 0) is 4.79 Å². The van der Waals surface area contributed by atoms with E-state index >= 15 is 0 Å². The van der Waals surface area contributed by atoms with Crippen molar-refractivity contribution in [1.82, 2.24) is 10.2 Å². The maximum atomic E-state index is 11.1. The molecule has 0 spiro atoms. The number of rotatable bonds is 6. The molecule has 1 saturated carbocycles. The largest absolute Gasteiger partial charge is 0.370 e. The van der Waals surface area contributed by atoms with Crippen molar-refractivity contribution in [1.29, 1.82) is 0 Å². The molecule has 30 heavy (non-hydrogen) atoms. The van der Waals surface area contributed by atoms with Gasteiger partial charge in [0.05, 0.1) is 5.69 Å². The first-order valence-corrected chi connectivity index (χ1v) is 10.7. The lowest BCUT2D eigenvalue weighted by atomic mass is 9.77. The summed E-state index contributed by atoms with van der Waals surface area (Å²) in [6.45, 7) is 0. The highest BCUT2D eigenvalue weighted by molar-refractivity contribution is 6.30. The van der Waals surface area contributed by atoms with Crippen LogP contribution in [0.3, 0.4) is 0 Å². The lowest BCUT2D eigenvalue weighted by molar-refractivity contribution is -0.119. The van der Waals surface area contributed by atoms with Gasteiger partial charge in [0, 0.05) is 22.7 Å². The molecule has 1 aliphatic carbocycles. The molecule has 5 nitrogen and oxygen atoms in total. The van der Waals surface area contributed by atoms with Crippen LogP contribution in [0.2, 0.25) is 5.02 Å². The minimum atomic E-state index is -0.183. The Bertz CT molecular complexity index is 996. The zero-order chi connectivity index (χ0) is 20.9. The highest BCUT2D eigenvalue weighted by Crippen LogP contribution is 2.37. The Kier molecular flexibility index (Phi) is 6.29. The van der Waals surface area contributed by atoms with Crippen molar-refractivity contribution in [3.63, 3.8) is 0 Å². The monoisotopic (exact) mass is 420 g/mol. The summed E-state index contributed by atoms with van der Waals surface area (Å²) >= 11 is 6.02. The summed E-state index contributed by atoms with van der Waals surface area (Å²) in [6.07, 6.45) is 4.89. The van der Waals surface area contributed by atoms with Crippen molar-refractivity contribution < 1.29 is 4.79 Å². The minimum Gasteiger partial charge on any atom is -0.370 e. The van der Waals surface area contributed by atoms with Crippen molar-refractivity contribution in [3.05, 3.63) is 71.2 Å². The van der Waals surface area contributed by atoms with Crippen molar-refractivity contribution in [3.8, 4) is 11.3 Å². The van der Waals surface area contributed by atoms with Crippen molar-refractivity contribution in [2.45, 2.75) is 38.0 Å². The summed E-state index contributed by atoms with van der Waals surface area (Å²) in [7, 11) is 0. The highest BCUT2D eigenvalue weighted by Gasteiger charge is 2.23. The number of amides is 1. The van der Waals surface area contributed by atoms with Gasteiger partial charge in [0.2, 0.25) is 5.91 Å². The number of nitrogens with zero attached hydrogens (tertiary/aromatic N) is 2. The van der Waals surface area contributed by atoms with Gasteiger partial charge in [0.1, 0.15) is 0 Å². The number of carbonyl (C=O) groups is 1. The Labute approximate surface area is 181 Å². The van der Waals surface area contributed by atoms with E-state index in [-0.39, 0.29) is 5.91 Å². The van der Waals surface area contributed by atoms with E-state index in [1.54, 1.807) is 0 Å². The van der Waals surface area contributed by atoms with Gasteiger partial charge >= 0.3 is 0 Å². The van der Waals surface area contributed by atoms with Crippen LogP contribution in [0.4, 0.5) is 11.5 Å². The Morgan fingerprint density at radius 1 is 1.00 bits per heavy atom. The molecule has 1 aromatic heterocycles. The van der Waals surface area contributed by atoms with Gasteiger partial charge in [0.15, 0.2) is 5.82 Å². The molecule has 3 N–H and O–H groups in total. The van der Waals surface area contributed by atoms with Crippen molar-refractivity contribution in [2.24, 2.45) is 11.7 Å². The van der Waals surface area contributed by atoms with Crippen molar-refractivity contribution in [2.75, 3.05) is 5.32 Å². The first-order chi connectivity index (χ1) is 14.6. The number of aromatic nitrogens is 2.